The van der Waals surface area contributed by atoms with E-state index >= 15 is 0 Å². The average molecular weight is 451 g/mol. The molecule has 1 aromatic heterocycles. The van der Waals surface area contributed by atoms with E-state index in [0.717, 1.165) is 35.0 Å². The molecule has 1 saturated carbocycles. The van der Waals surface area contributed by atoms with Gasteiger partial charge in [-0.25, -0.2) is 14.8 Å². The molecule has 0 unspecified atom stereocenters. The molecule has 0 spiro atoms. The van der Waals surface area contributed by atoms with Gasteiger partial charge < -0.3 is 25.1 Å². The first kappa shape index (κ1) is 22.9. The number of amides is 1. The molecule has 0 atom stereocenters. The quantitative estimate of drug-likeness (QED) is 0.699. The van der Waals surface area contributed by atoms with Crippen molar-refractivity contribution in [1.82, 2.24) is 19.7 Å². The number of nitrogens with zero attached hydrogens (tertiary/aromatic N) is 5. The highest BCUT2D eigenvalue weighted by atomic mass is 16.4. The van der Waals surface area contributed by atoms with Crippen LogP contribution in [-0.4, -0.2) is 76.0 Å². The molecular weight excluding hydrogens is 416 g/mol. The van der Waals surface area contributed by atoms with Crippen LogP contribution in [0.4, 0.5) is 10.6 Å². The lowest BCUT2D eigenvalue weighted by molar-refractivity contribution is 0.124. The number of amidine groups is 1. The second kappa shape index (κ2) is 10.1. The predicted molar refractivity (Wildman–Crippen MR) is 132 cm³/mol. The smallest absolute Gasteiger partial charge is 0.407 e. The Hall–Kier alpha value is -3.29. The normalized spacial score (nSPS) is 21.0. The number of pyridine rings is 1. The molecule has 1 amide bonds. The molecule has 3 aliphatic rings. The van der Waals surface area contributed by atoms with Crippen molar-refractivity contribution < 1.29 is 9.90 Å². The maximum Gasteiger partial charge on any atom is 0.407 e. The first-order chi connectivity index (χ1) is 16.0. The highest BCUT2D eigenvalue weighted by Crippen LogP contribution is 2.33. The summed E-state index contributed by atoms with van der Waals surface area (Å²) in [7, 11) is 2.01. The van der Waals surface area contributed by atoms with Gasteiger partial charge in [0, 0.05) is 62.8 Å². The summed E-state index contributed by atoms with van der Waals surface area (Å²) in [6, 6.07) is 4.57. The second-order valence-electron chi connectivity index (χ2n) is 8.91. The molecule has 2 fully saturated rings. The summed E-state index contributed by atoms with van der Waals surface area (Å²) >= 11 is 0. The molecule has 4 rings (SSSR count). The molecule has 0 aromatic carbocycles. The van der Waals surface area contributed by atoms with E-state index in [0.29, 0.717) is 32.2 Å². The highest BCUT2D eigenvalue weighted by Gasteiger charge is 2.25. The topological polar surface area (TPSA) is 84.3 Å². The maximum atomic E-state index is 11.3. The van der Waals surface area contributed by atoms with Crippen molar-refractivity contribution in [2.24, 2.45) is 4.99 Å². The van der Waals surface area contributed by atoms with Crippen LogP contribution in [0.15, 0.2) is 53.1 Å². The molecule has 3 heterocycles. The van der Waals surface area contributed by atoms with Crippen molar-refractivity contribution >= 4 is 23.3 Å². The van der Waals surface area contributed by atoms with Gasteiger partial charge in [-0.05, 0) is 50.8 Å². The van der Waals surface area contributed by atoms with Crippen LogP contribution in [0.5, 0.6) is 0 Å². The Morgan fingerprint density at radius 3 is 2.67 bits per heavy atom. The first-order valence-electron chi connectivity index (χ1n) is 11.8. The van der Waals surface area contributed by atoms with Crippen LogP contribution in [-0.2, 0) is 0 Å². The van der Waals surface area contributed by atoms with Crippen molar-refractivity contribution in [1.29, 1.82) is 0 Å². The fourth-order valence-electron chi connectivity index (χ4n) is 4.12. The van der Waals surface area contributed by atoms with E-state index in [1.165, 1.54) is 29.7 Å². The minimum Gasteiger partial charge on any atom is -0.465 e. The summed E-state index contributed by atoms with van der Waals surface area (Å²) in [6.07, 6.45) is 11.8. The SMILES string of the molecule is CCC(C)=C/C(=C1/N=C(N2CCN(C(=O)O)CC2)C=CN1C)c1cccnc1NC1CCC1. The third-order valence-electron chi connectivity index (χ3n) is 6.61. The largest absolute Gasteiger partial charge is 0.465 e. The summed E-state index contributed by atoms with van der Waals surface area (Å²) in [6.45, 7) is 6.53. The number of carbonyl (C=O) groups is 1. The van der Waals surface area contributed by atoms with Crippen LogP contribution in [0.3, 0.4) is 0 Å². The number of carboxylic acid groups (broad SMARTS) is 1. The number of anilines is 1. The molecule has 2 N–H and O–H groups in total. The van der Waals surface area contributed by atoms with Crippen molar-refractivity contribution in [3.8, 4) is 0 Å². The minimum atomic E-state index is -0.860. The number of hydrogen-bond donors (Lipinski definition) is 2. The van der Waals surface area contributed by atoms with Gasteiger partial charge in [0.25, 0.3) is 0 Å². The van der Waals surface area contributed by atoms with Crippen LogP contribution in [0, 0.1) is 0 Å². The summed E-state index contributed by atoms with van der Waals surface area (Å²) in [5, 5.41) is 12.9. The van der Waals surface area contributed by atoms with Gasteiger partial charge in [-0.3, -0.25) is 0 Å². The maximum absolute atomic E-state index is 11.3. The Morgan fingerprint density at radius 2 is 2.03 bits per heavy atom. The van der Waals surface area contributed by atoms with Gasteiger partial charge in [-0.2, -0.15) is 0 Å². The van der Waals surface area contributed by atoms with Gasteiger partial charge in [-0.1, -0.05) is 18.6 Å². The van der Waals surface area contributed by atoms with Crippen molar-refractivity contribution in [3.05, 3.63) is 53.6 Å². The molecule has 0 bridgehead atoms. The van der Waals surface area contributed by atoms with Crippen LogP contribution in [0.2, 0.25) is 0 Å². The van der Waals surface area contributed by atoms with E-state index in [9.17, 15) is 9.90 Å². The van der Waals surface area contributed by atoms with Gasteiger partial charge in [0.05, 0.1) is 0 Å². The predicted octanol–water partition coefficient (Wildman–Crippen LogP) is 4.22. The van der Waals surface area contributed by atoms with E-state index in [1.54, 1.807) is 0 Å². The number of piperazine rings is 1. The van der Waals surface area contributed by atoms with E-state index < -0.39 is 6.09 Å². The Bertz CT molecular complexity index is 1000. The lowest BCUT2D eigenvalue weighted by atomic mass is 9.92. The van der Waals surface area contributed by atoms with Gasteiger partial charge in [0.1, 0.15) is 17.5 Å². The molecular formula is C25H34N6O2. The van der Waals surface area contributed by atoms with Gasteiger partial charge in [0.15, 0.2) is 0 Å². The Morgan fingerprint density at radius 1 is 1.27 bits per heavy atom. The molecule has 0 radical (unpaired) electrons. The fourth-order valence-corrected chi connectivity index (χ4v) is 4.12. The third kappa shape index (κ3) is 5.21. The number of aromatic nitrogens is 1. The molecule has 8 heteroatoms. The zero-order valence-electron chi connectivity index (χ0n) is 19.8. The van der Waals surface area contributed by atoms with Gasteiger partial charge in [0.2, 0.25) is 0 Å². The van der Waals surface area contributed by atoms with Crippen LogP contribution in [0.25, 0.3) is 5.57 Å². The average Bonchev–Trinajstić information content (AvgIpc) is 2.80. The Labute approximate surface area is 196 Å². The minimum absolute atomic E-state index is 0.481. The number of rotatable bonds is 5. The zero-order chi connectivity index (χ0) is 23.4. The summed E-state index contributed by atoms with van der Waals surface area (Å²) in [4.78, 5) is 26.7. The van der Waals surface area contributed by atoms with Crippen molar-refractivity contribution in [3.63, 3.8) is 0 Å². The number of hydrogen-bond acceptors (Lipinski definition) is 6. The molecule has 1 saturated heterocycles. The molecule has 8 nitrogen and oxygen atoms in total. The monoisotopic (exact) mass is 450 g/mol. The first-order valence-corrected chi connectivity index (χ1v) is 11.8. The standard InChI is InChI=1S/C25H34N6O2/c1-4-18(2)17-21(20-9-6-11-26-23(20)27-19-7-5-8-19)24-28-22(10-12-29(24)3)30-13-15-31(16-14-30)25(32)33/h6,9-12,17,19H,4-5,7-8,13-16H2,1-3H3,(H,26,27)(H,32,33)/b18-17?,24-21+. The van der Waals surface area contributed by atoms with Crippen molar-refractivity contribution in [2.45, 2.75) is 45.6 Å². The van der Waals surface area contributed by atoms with Gasteiger partial charge >= 0.3 is 6.09 Å². The molecule has 33 heavy (non-hydrogen) atoms. The van der Waals surface area contributed by atoms with E-state index in [1.807, 2.05) is 36.5 Å². The molecule has 1 aliphatic carbocycles. The van der Waals surface area contributed by atoms with Crippen LogP contribution < -0.4 is 5.32 Å². The lowest BCUT2D eigenvalue weighted by Gasteiger charge is -2.36. The zero-order valence-corrected chi connectivity index (χ0v) is 19.8. The number of nitrogens with one attached hydrogen (secondary N) is 1. The van der Waals surface area contributed by atoms with E-state index in [2.05, 4.69) is 41.2 Å². The Balaban J connectivity index is 1.72. The molecule has 2 aliphatic heterocycles. The second-order valence-corrected chi connectivity index (χ2v) is 8.91. The summed E-state index contributed by atoms with van der Waals surface area (Å²) in [5.74, 6) is 2.64. The lowest BCUT2D eigenvalue weighted by Crippen LogP contribution is -2.50. The number of allylic oxidation sites excluding steroid dienone is 3. The third-order valence-corrected chi connectivity index (χ3v) is 6.61. The fraction of sp³-hybridized carbons (Fsp3) is 0.480. The van der Waals surface area contributed by atoms with Crippen molar-refractivity contribution in [2.75, 3.05) is 38.5 Å². The molecule has 176 valence electrons. The van der Waals surface area contributed by atoms with Gasteiger partial charge in [-0.15, -0.1) is 0 Å². The Kier molecular flexibility index (Phi) is 7.01. The summed E-state index contributed by atoms with van der Waals surface area (Å²) in [5.41, 5.74) is 3.36. The van der Waals surface area contributed by atoms with E-state index in [4.69, 9.17) is 4.99 Å². The highest BCUT2D eigenvalue weighted by molar-refractivity contribution is 5.96. The number of aliphatic imine (C=N–C) groups is 1. The molecule has 1 aromatic rings. The van der Waals surface area contributed by atoms with E-state index in [-0.39, 0.29) is 0 Å². The summed E-state index contributed by atoms with van der Waals surface area (Å²) < 4.78 is 0. The van der Waals surface area contributed by atoms with Crippen LogP contribution >= 0.6 is 0 Å². The van der Waals surface area contributed by atoms with Crippen LogP contribution in [0.1, 0.15) is 45.1 Å².